The number of carbonyl (C=O) groups is 2. The zero-order valence-corrected chi connectivity index (χ0v) is 15.3. The van der Waals surface area contributed by atoms with Crippen LogP contribution in [0.25, 0.3) is 0 Å². The maximum Gasteiger partial charge on any atom is 0.262 e. The molecule has 0 aromatic heterocycles. The third kappa shape index (κ3) is 4.14. The van der Waals surface area contributed by atoms with E-state index in [1.165, 1.54) is 7.11 Å². The molecular weight excluding hydrogens is 374 g/mol. The first-order valence-electron chi connectivity index (χ1n) is 7.27. The summed E-state index contributed by atoms with van der Waals surface area (Å²) in [4.78, 5) is 23.3. The van der Waals surface area contributed by atoms with Gasteiger partial charge in [0.05, 0.1) is 12.7 Å². The summed E-state index contributed by atoms with van der Waals surface area (Å²) in [5, 5.41) is 2.81. The van der Waals surface area contributed by atoms with Crippen LogP contribution in [-0.4, -0.2) is 25.9 Å². The molecule has 0 aliphatic rings. The van der Waals surface area contributed by atoms with Crippen molar-refractivity contribution in [2.45, 2.75) is 13.8 Å². The van der Waals surface area contributed by atoms with Crippen LogP contribution in [0, 0.1) is 13.8 Å². The van der Waals surface area contributed by atoms with Crippen LogP contribution >= 0.6 is 15.9 Å². The van der Waals surface area contributed by atoms with Crippen LogP contribution in [0.1, 0.15) is 21.5 Å². The predicted molar refractivity (Wildman–Crippen MR) is 96.1 cm³/mol. The molecule has 0 radical (unpaired) electrons. The van der Waals surface area contributed by atoms with Gasteiger partial charge >= 0.3 is 0 Å². The Bertz CT molecular complexity index is 774. The fourth-order valence-corrected chi connectivity index (χ4v) is 2.65. The average Bonchev–Trinajstić information content (AvgIpc) is 2.56. The smallest absolute Gasteiger partial charge is 0.262 e. The van der Waals surface area contributed by atoms with E-state index in [2.05, 4.69) is 21.2 Å². The summed E-state index contributed by atoms with van der Waals surface area (Å²) in [5.41, 5.74) is 3.13. The normalized spacial score (nSPS) is 10.2. The number of hydrogen-bond donors (Lipinski definition) is 1. The van der Waals surface area contributed by atoms with Crippen molar-refractivity contribution in [2.75, 3.05) is 19.0 Å². The summed E-state index contributed by atoms with van der Waals surface area (Å²) in [7, 11) is 1.47. The van der Waals surface area contributed by atoms with E-state index in [4.69, 9.17) is 9.47 Å². The first-order chi connectivity index (χ1) is 11.5. The number of amides is 1. The Balaban J connectivity index is 2.12. The molecule has 0 saturated heterocycles. The molecule has 6 heteroatoms. The number of rotatable bonds is 6. The minimum atomic E-state index is -0.314. The lowest BCUT2D eigenvalue weighted by atomic mass is 10.1. The van der Waals surface area contributed by atoms with Gasteiger partial charge in [0.15, 0.2) is 24.4 Å². The van der Waals surface area contributed by atoms with Gasteiger partial charge in [-0.3, -0.25) is 9.59 Å². The summed E-state index contributed by atoms with van der Waals surface area (Å²) < 4.78 is 11.4. The van der Waals surface area contributed by atoms with Crippen LogP contribution in [0.15, 0.2) is 34.8 Å². The molecule has 1 amide bonds. The molecule has 126 valence electrons. The minimum absolute atomic E-state index is 0.230. The standard InChI is InChI=1S/C18H18BrNO4/c1-11-5-4-6-15(12(11)2)20-17(22)10-24-18-13(9-21)7-14(19)8-16(18)23-3/h4-9H,10H2,1-3H3,(H,20,22). The van der Waals surface area contributed by atoms with Gasteiger partial charge in [0.25, 0.3) is 5.91 Å². The van der Waals surface area contributed by atoms with Crippen molar-refractivity contribution in [1.82, 2.24) is 0 Å². The molecule has 0 bridgehead atoms. The second-order valence-electron chi connectivity index (χ2n) is 5.23. The Labute approximate surface area is 149 Å². The molecule has 5 nitrogen and oxygen atoms in total. The van der Waals surface area contributed by atoms with E-state index in [0.717, 1.165) is 16.8 Å². The van der Waals surface area contributed by atoms with Crippen LogP contribution in [0.5, 0.6) is 11.5 Å². The van der Waals surface area contributed by atoms with E-state index in [1.54, 1.807) is 12.1 Å². The highest BCUT2D eigenvalue weighted by Gasteiger charge is 2.14. The van der Waals surface area contributed by atoms with E-state index < -0.39 is 0 Å². The molecule has 2 rings (SSSR count). The quantitative estimate of drug-likeness (QED) is 0.758. The van der Waals surface area contributed by atoms with Gasteiger partial charge in [-0.1, -0.05) is 28.1 Å². The third-order valence-electron chi connectivity index (χ3n) is 3.62. The third-order valence-corrected chi connectivity index (χ3v) is 4.08. The summed E-state index contributed by atoms with van der Waals surface area (Å²) in [6, 6.07) is 8.96. The second-order valence-corrected chi connectivity index (χ2v) is 6.14. The van der Waals surface area contributed by atoms with Gasteiger partial charge in [0.2, 0.25) is 0 Å². The molecule has 0 spiro atoms. The fourth-order valence-electron chi connectivity index (χ4n) is 2.19. The maximum absolute atomic E-state index is 12.1. The number of methoxy groups -OCH3 is 1. The maximum atomic E-state index is 12.1. The summed E-state index contributed by atoms with van der Waals surface area (Å²) >= 11 is 3.29. The molecule has 1 N–H and O–H groups in total. The topological polar surface area (TPSA) is 64.6 Å². The van der Waals surface area contributed by atoms with Crippen LogP contribution in [0.3, 0.4) is 0 Å². The summed E-state index contributed by atoms with van der Waals surface area (Å²) in [5.74, 6) is 0.309. The Hall–Kier alpha value is -2.34. The SMILES string of the molecule is COc1cc(Br)cc(C=O)c1OCC(=O)Nc1cccc(C)c1C. The van der Waals surface area contributed by atoms with Crippen LogP contribution in [-0.2, 0) is 4.79 Å². The van der Waals surface area contributed by atoms with E-state index in [9.17, 15) is 9.59 Å². The van der Waals surface area contributed by atoms with Gasteiger partial charge in [-0.15, -0.1) is 0 Å². The molecule has 0 aliphatic carbocycles. The van der Waals surface area contributed by atoms with Gasteiger partial charge in [-0.25, -0.2) is 0 Å². The Morgan fingerprint density at radius 1 is 1.29 bits per heavy atom. The van der Waals surface area contributed by atoms with Gasteiger partial charge in [0, 0.05) is 10.2 Å². The van der Waals surface area contributed by atoms with Gasteiger partial charge in [-0.05, 0) is 43.2 Å². The molecule has 2 aromatic rings. The van der Waals surface area contributed by atoms with E-state index in [1.807, 2.05) is 32.0 Å². The van der Waals surface area contributed by atoms with Crippen molar-refractivity contribution >= 4 is 33.8 Å². The number of carbonyl (C=O) groups excluding carboxylic acids is 2. The van der Waals surface area contributed by atoms with Crippen molar-refractivity contribution in [3.05, 3.63) is 51.5 Å². The highest BCUT2D eigenvalue weighted by atomic mass is 79.9. The Kier molecular flexibility index (Phi) is 5.98. The van der Waals surface area contributed by atoms with Crippen LogP contribution in [0.4, 0.5) is 5.69 Å². The molecule has 2 aromatic carbocycles. The highest BCUT2D eigenvalue weighted by Crippen LogP contribution is 2.34. The zero-order chi connectivity index (χ0) is 17.7. The van der Waals surface area contributed by atoms with Crippen LogP contribution < -0.4 is 14.8 Å². The zero-order valence-electron chi connectivity index (χ0n) is 13.7. The number of ether oxygens (including phenoxy) is 2. The number of halogens is 1. The van der Waals surface area contributed by atoms with E-state index in [-0.39, 0.29) is 18.3 Å². The minimum Gasteiger partial charge on any atom is -0.493 e. The first kappa shape index (κ1) is 18.0. The summed E-state index contributed by atoms with van der Waals surface area (Å²) in [6.07, 6.45) is 0.658. The number of benzene rings is 2. The van der Waals surface area contributed by atoms with Gasteiger partial charge < -0.3 is 14.8 Å². The molecule has 0 saturated carbocycles. The van der Waals surface area contributed by atoms with Gasteiger partial charge in [0.1, 0.15) is 0 Å². The van der Waals surface area contributed by atoms with E-state index >= 15 is 0 Å². The molecule has 0 fully saturated rings. The molecule has 0 atom stereocenters. The Morgan fingerprint density at radius 3 is 2.71 bits per heavy atom. The lowest BCUT2D eigenvalue weighted by molar-refractivity contribution is -0.118. The molecule has 0 aliphatic heterocycles. The lowest BCUT2D eigenvalue weighted by Crippen LogP contribution is -2.21. The largest absolute Gasteiger partial charge is 0.493 e. The number of aryl methyl sites for hydroxylation is 1. The molecule has 24 heavy (non-hydrogen) atoms. The number of anilines is 1. The average molecular weight is 392 g/mol. The number of nitrogens with one attached hydrogen (secondary N) is 1. The second kappa shape index (κ2) is 7.97. The number of hydrogen-bond acceptors (Lipinski definition) is 4. The van der Waals surface area contributed by atoms with Crippen LogP contribution in [0.2, 0.25) is 0 Å². The number of aldehydes is 1. The monoisotopic (exact) mass is 391 g/mol. The molecule has 0 unspecified atom stereocenters. The lowest BCUT2D eigenvalue weighted by Gasteiger charge is -2.14. The molecule has 0 heterocycles. The van der Waals surface area contributed by atoms with Crippen molar-refractivity contribution in [3.63, 3.8) is 0 Å². The van der Waals surface area contributed by atoms with Gasteiger partial charge in [-0.2, -0.15) is 0 Å². The highest BCUT2D eigenvalue weighted by molar-refractivity contribution is 9.10. The van der Waals surface area contributed by atoms with Crippen molar-refractivity contribution in [3.8, 4) is 11.5 Å². The summed E-state index contributed by atoms with van der Waals surface area (Å²) in [6.45, 7) is 3.69. The predicted octanol–water partition coefficient (Wildman–Crippen LogP) is 3.90. The Morgan fingerprint density at radius 2 is 2.04 bits per heavy atom. The van der Waals surface area contributed by atoms with Crippen molar-refractivity contribution in [1.29, 1.82) is 0 Å². The van der Waals surface area contributed by atoms with Crippen molar-refractivity contribution < 1.29 is 19.1 Å². The first-order valence-corrected chi connectivity index (χ1v) is 8.07. The fraction of sp³-hybridized carbons (Fsp3) is 0.222. The van der Waals surface area contributed by atoms with E-state index in [0.29, 0.717) is 22.1 Å². The van der Waals surface area contributed by atoms with Crippen molar-refractivity contribution in [2.24, 2.45) is 0 Å². The molecular formula is C18H18BrNO4.